The van der Waals surface area contributed by atoms with E-state index in [4.69, 9.17) is 16.3 Å². The quantitative estimate of drug-likeness (QED) is 0.749. The van der Waals surface area contributed by atoms with E-state index in [2.05, 4.69) is 15.9 Å². The largest absolute Gasteiger partial charge is 0.445 e. The molecule has 2 aromatic rings. The molecular formula is C17H15BrClNO2. The van der Waals surface area contributed by atoms with Gasteiger partial charge in [0, 0.05) is 11.0 Å². The highest BCUT2D eigenvalue weighted by atomic mass is 79.9. The van der Waals surface area contributed by atoms with E-state index < -0.39 is 0 Å². The van der Waals surface area contributed by atoms with Gasteiger partial charge >= 0.3 is 6.09 Å². The van der Waals surface area contributed by atoms with Gasteiger partial charge in [0.05, 0.1) is 11.6 Å². The molecule has 1 aliphatic heterocycles. The number of carbonyl (C=O) groups excluding carboxylic acids is 1. The Kier molecular flexibility index (Phi) is 4.69. The summed E-state index contributed by atoms with van der Waals surface area (Å²) >= 11 is 9.64. The average Bonchev–Trinajstić information content (AvgIpc) is 2.57. The van der Waals surface area contributed by atoms with Crippen LogP contribution in [0.2, 0.25) is 5.02 Å². The summed E-state index contributed by atoms with van der Waals surface area (Å²) in [5.41, 5.74) is 3.27. The Morgan fingerprint density at radius 1 is 1.23 bits per heavy atom. The summed E-state index contributed by atoms with van der Waals surface area (Å²) < 4.78 is 6.26. The predicted molar refractivity (Wildman–Crippen MR) is 89.9 cm³/mol. The molecule has 0 saturated carbocycles. The Morgan fingerprint density at radius 2 is 2.00 bits per heavy atom. The molecule has 0 radical (unpaired) electrons. The molecule has 0 N–H and O–H groups in total. The van der Waals surface area contributed by atoms with E-state index in [0.717, 1.165) is 22.0 Å². The maximum atomic E-state index is 12.2. The summed E-state index contributed by atoms with van der Waals surface area (Å²) in [7, 11) is 0. The fraction of sp³-hybridized carbons (Fsp3) is 0.235. The molecular weight excluding hydrogens is 366 g/mol. The van der Waals surface area contributed by atoms with Crippen LogP contribution in [0.25, 0.3) is 0 Å². The molecule has 0 aromatic heterocycles. The Balaban J connectivity index is 1.66. The lowest BCUT2D eigenvalue weighted by molar-refractivity contribution is 0.0918. The van der Waals surface area contributed by atoms with Gasteiger partial charge in [-0.2, -0.15) is 0 Å². The fourth-order valence-corrected chi connectivity index (χ4v) is 3.22. The van der Waals surface area contributed by atoms with Crippen LogP contribution in [0.3, 0.4) is 0 Å². The maximum Gasteiger partial charge on any atom is 0.410 e. The second kappa shape index (κ2) is 6.71. The van der Waals surface area contributed by atoms with Gasteiger partial charge in [-0.15, -0.1) is 0 Å². The molecule has 2 aromatic carbocycles. The standard InChI is InChI=1S/C17H15BrClNO2/c18-16-14-10-20(9-8-13(14)6-7-15(16)19)17(21)22-11-12-4-2-1-3-5-12/h1-7H,8-11H2. The van der Waals surface area contributed by atoms with Crippen LogP contribution in [0.15, 0.2) is 46.9 Å². The molecule has 0 bridgehead atoms. The van der Waals surface area contributed by atoms with Crippen molar-refractivity contribution >= 4 is 33.6 Å². The molecule has 3 nitrogen and oxygen atoms in total. The smallest absolute Gasteiger partial charge is 0.410 e. The van der Waals surface area contributed by atoms with Gasteiger partial charge in [-0.1, -0.05) is 48.0 Å². The number of benzene rings is 2. The average molecular weight is 381 g/mol. The number of amides is 1. The van der Waals surface area contributed by atoms with Crippen molar-refractivity contribution in [2.24, 2.45) is 0 Å². The topological polar surface area (TPSA) is 29.5 Å². The zero-order valence-corrected chi connectivity index (χ0v) is 14.2. The first kappa shape index (κ1) is 15.4. The summed E-state index contributed by atoms with van der Waals surface area (Å²) in [6, 6.07) is 13.6. The van der Waals surface area contributed by atoms with Crippen molar-refractivity contribution in [1.82, 2.24) is 4.90 Å². The third-order valence-electron chi connectivity index (χ3n) is 3.76. The molecule has 0 fully saturated rings. The van der Waals surface area contributed by atoms with Crippen molar-refractivity contribution in [3.05, 3.63) is 68.7 Å². The van der Waals surface area contributed by atoms with Gasteiger partial charge in [0.25, 0.3) is 0 Å². The first-order chi connectivity index (χ1) is 10.6. The van der Waals surface area contributed by atoms with Crippen molar-refractivity contribution in [2.45, 2.75) is 19.6 Å². The van der Waals surface area contributed by atoms with E-state index in [9.17, 15) is 4.79 Å². The molecule has 0 aliphatic carbocycles. The van der Waals surface area contributed by atoms with Crippen molar-refractivity contribution in [2.75, 3.05) is 6.54 Å². The number of rotatable bonds is 2. The zero-order chi connectivity index (χ0) is 15.5. The summed E-state index contributed by atoms with van der Waals surface area (Å²) in [6.45, 7) is 1.47. The molecule has 1 aliphatic rings. The lowest BCUT2D eigenvalue weighted by atomic mass is 10.0. The van der Waals surface area contributed by atoms with Crippen LogP contribution in [0, 0.1) is 0 Å². The van der Waals surface area contributed by atoms with E-state index in [1.54, 1.807) is 4.90 Å². The minimum atomic E-state index is -0.290. The predicted octanol–water partition coefficient (Wildman–Crippen LogP) is 4.80. The Hall–Kier alpha value is -1.52. The van der Waals surface area contributed by atoms with Crippen molar-refractivity contribution in [1.29, 1.82) is 0 Å². The fourth-order valence-electron chi connectivity index (χ4n) is 2.53. The molecule has 5 heteroatoms. The van der Waals surface area contributed by atoms with E-state index in [0.29, 0.717) is 24.7 Å². The highest BCUT2D eigenvalue weighted by Crippen LogP contribution is 2.32. The lowest BCUT2D eigenvalue weighted by Crippen LogP contribution is -2.36. The molecule has 0 unspecified atom stereocenters. The summed E-state index contributed by atoms with van der Waals surface area (Å²) in [5, 5.41) is 0.665. The van der Waals surface area contributed by atoms with Crippen LogP contribution >= 0.6 is 27.5 Å². The molecule has 22 heavy (non-hydrogen) atoms. The second-order valence-corrected chi connectivity index (χ2v) is 6.41. The maximum absolute atomic E-state index is 12.2. The van der Waals surface area contributed by atoms with Gasteiger partial charge < -0.3 is 9.64 Å². The molecule has 0 spiro atoms. The lowest BCUT2D eigenvalue weighted by Gasteiger charge is -2.29. The number of hydrogen-bond acceptors (Lipinski definition) is 2. The number of halogens is 2. The molecule has 1 amide bonds. The molecule has 1 heterocycles. The highest BCUT2D eigenvalue weighted by molar-refractivity contribution is 9.10. The summed E-state index contributed by atoms with van der Waals surface area (Å²) in [6.07, 6.45) is 0.521. The van der Waals surface area contributed by atoms with E-state index in [-0.39, 0.29) is 6.09 Å². The summed E-state index contributed by atoms with van der Waals surface area (Å²) in [4.78, 5) is 13.9. The van der Waals surface area contributed by atoms with E-state index >= 15 is 0 Å². The van der Waals surface area contributed by atoms with Crippen LogP contribution in [0.4, 0.5) is 4.79 Å². The van der Waals surface area contributed by atoms with E-state index in [1.165, 1.54) is 5.56 Å². The Bertz CT molecular complexity index is 691. The minimum Gasteiger partial charge on any atom is -0.445 e. The number of carbonyl (C=O) groups is 1. The Morgan fingerprint density at radius 3 is 2.77 bits per heavy atom. The third kappa shape index (κ3) is 3.28. The SMILES string of the molecule is O=C(OCc1ccccc1)N1CCc2ccc(Cl)c(Br)c2C1. The third-order valence-corrected chi connectivity index (χ3v) is 5.21. The summed E-state index contributed by atoms with van der Waals surface area (Å²) in [5.74, 6) is 0. The van der Waals surface area contributed by atoms with Crippen LogP contribution in [-0.4, -0.2) is 17.5 Å². The van der Waals surface area contributed by atoms with Gasteiger partial charge in [0.15, 0.2) is 0 Å². The monoisotopic (exact) mass is 379 g/mol. The van der Waals surface area contributed by atoms with Gasteiger partial charge in [-0.3, -0.25) is 0 Å². The first-order valence-corrected chi connectivity index (χ1v) is 8.23. The zero-order valence-electron chi connectivity index (χ0n) is 11.9. The van der Waals surface area contributed by atoms with Gasteiger partial charge in [-0.05, 0) is 45.1 Å². The van der Waals surface area contributed by atoms with Gasteiger partial charge in [-0.25, -0.2) is 4.79 Å². The number of fused-ring (bicyclic) bond motifs is 1. The van der Waals surface area contributed by atoms with Gasteiger partial charge in [0.2, 0.25) is 0 Å². The number of ether oxygens (including phenoxy) is 1. The molecule has 0 saturated heterocycles. The van der Waals surface area contributed by atoms with Crippen LogP contribution in [0.5, 0.6) is 0 Å². The Labute approximate surface area is 143 Å². The van der Waals surface area contributed by atoms with Crippen molar-refractivity contribution in [3.63, 3.8) is 0 Å². The van der Waals surface area contributed by atoms with Crippen LogP contribution in [-0.2, 0) is 24.3 Å². The van der Waals surface area contributed by atoms with Crippen LogP contribution < -0.4 is 0 Å². The minimum absolute atomic E-state index is 0.290. The second-order valence-electron chi connectivity index (χ2n) is 5.21. The molecule has 0 atom stereocenters. The number of hydrogen-bond donors (Lipinski definition) is 0. The first-order valence-electron chi connectivity index (χ1n) is 7.06. The highest BCUT2D eigenvalue weighted by Gasteiger charge is 2.24. The number of nitrogens with zero attached hydrogens (tertiary/aromatic N) is 1. The van der Waals surface area contributed by atoms with Crippen LogP contribution in [0.1, 0.15) is 16.7 Å². The molecule has 114 valence electrons. The normalized spacial score (nSPS) is 13.6. The van der Waals surface area contributed by atoms with E-state index in [1.807, 2.05) is 42.5 Å². The van der Waals surface area contributed by atoms with Gasteiger partial charge in [0.1, 0.15) is 6.61 Å². The van der Waals surface area contributed by atoms with Crippen molar-refractivity contribution in [3.8, 4) is 0 Å². The molecule has 3 rings (SSSR count). The van der Waals surface area contributed by atoms with Crippen molar-refractivity contribution < 1.29 is 9.53 Å².